The Labute approximate surface area is 239 Å². The molecule has 208 valence electrons. The summed E-state index contributed by atoms with van der Waals surface area (Å²) < 4.78 is 2.30. The van der Waals surface area contributed by atoms with Gasteiger partial charge in [0.05, 0.1) is 5.69 Å². The van der Waals surface area contributed by atoms with E-state index >= 15 is 0 Å². The average Bonchev–Trinajstić information content (AvgIpc) is 3.27. The van der Waals surface area contributed by atoms with Crippen molar-refractivity contribution in [3.63, 3.8) is 0 Å². The number of likely N-dealkylation sites (N-methyl/N-ethyl adjacent to an activating group) is 1. The first-order valence-corrected chi connectivity index (χ1v) is 14.9. The minimum absolute atomic E-state index is 0.215. The van der Waals surface area contributed by atoms with Crippen molar-refractivity contribution >= 4 is 16.8 Å². The first kappa shape index (κ1) is 26.8. The van der Waals surface area contributed by atoms with Crippen LogP contribution in [0.5, 0.6) is 0 Å². The number of rotatable bonds is 6. The van der Waals surface area contributed by atoms with Gasteiger partial charge in [0.2, 0.25) is 5.91 Å². The summed E-state index contributed by atoms with van der Waals surface area (Å²) in [5.41, 5.74) is 9.30. The number of nitrogens with zero attached hydrogens (tertiary/aromatic N) is 4. The molecule has 2 aliphatic rings. The molecule has 1 aromatic heterocycles. The number of para-hydroxylation sites is 1. The predicted molar refractivity (Wildman–Crippen MR) is 165 cm³/mol. The van der Waals surface area contributed by atoms with Gasteiger partial charge in [0.1, 0.15) is 6.54 Å². The van der Waals surface area contributed by atoms with Crippen LogP contribution < -0.4 is 0 Å². The molecule has 2 aliphatic heterocycles. The molecule has 4 aromatic rings. The monoisotopic (exact) mass is 534 g/mol. The van der Waals surface area contributed by atoms with Crippen LogP contribution in [0.2, 0.25) is 0 Å². The second kappa shape index (κ2) is 11.6. The molecule has 40 heavy (non-hydrogen) atoms. The van der Waals surface area contributed by atoms with E-state index in [0.29, 0.717) is 12.5 Å². The van der Waals surface area contributed by atoms with Crippen molar-refractivity contribution in [1.29, 1.82) is 0 Å². The fourth-order valence-electron chi connectivity index (χ4n) is 6.99. The minimum Gasteiger partial charge on any atom is -0.339 e. The van der Waals surface area contributed by atoms with E-state index in [2.05, 4.69) is 108 Å². The number of benzene rings is 3. The Morgan fingerprint density at radius 2 is 1.43 bits per heavy atom. The fourth-order valence-corrected chi connectivity index (χ4v) is 6.99. The number of carbonyl (C=O) groups excluding carboxylic acids is 1. The lowest BCUT2D eigenvalue weighted by molar-refractivity contribution is -0.133. The lowest BCUT2D eigenvalue weighted by Crippen LogP contribution is -2.48. The number of amides is 1. The molecule has 2 fully saturated rings. The van der Waals surface area contributed by atoms with Crippen molar-refractivity contribution in [1.82, 2.24) is 19.3 Å². The van der Waals surface area contributed by atoms with E-state index in [1.54, 1.807) is 5.56 Å². The Morgan fingerprint density at radius 1 is 0.775 bits per heavy atom. The van der Waals surface area contributed by atoms with Crippen molar-refractivity contribution in [3.05, 3.63) is 95.1 Å². The third kappa shape index (κ3) is 5.33. The first-order valence-electron chi connectivity index (χ1n) is 14.9. The smallest absolute Gasteiger partial charge is 0.242 e. The van der Waals surface area contributed by atoms with Crippen molar-refractivity contribution in [3.8, 4) is 11.3 Å². The van der Waals surface area contributed by atoms with Crippen molar-refractivity contribution in [2.75, 3.05) is 46.3 Å². The lowest BCUT2D eigenvalue weighted by atomic mass is 9.84. The van der Waals surface area contributed by atoms with E-state index < -0.39 is 0 Å². The van der Waals surface area contributed by atoms with Crippen LogP contribution in [0.4, 0.5) is 0 Å². The highest BCUT2D eigenvalue weighted by Crippen LogP contribution is 2.37. The Bertz CT molecular complexity index is 1450. The maximum Gasteiger partial charge on any atom is 0.242 e. The van der Waals surface area contributed by atoms with Gasteiger partial charge in [-0.2, -0.15) is 0 Å². The van der Waals surface area contributed by atoms with Crippen LogP contribution >= 0.6 is 0 Å². The molecule has 3 aromatic carbocycles. The molecule has 5 nitrogen and oxygen atoms in total. The predicted octanol–water partition coefficient (Wildman–Crippen LogP) is 6.08. The van der Waals surface area contributed by atoms with Crippen molar-refractivity contribution < 1.29 is 4.79 Å². The number of carbonyl (C=O) groups is 1. The largest absolute Gasteiger partial charge is 0.339 e. The Hall–Kier alpha value is -3.41. The minimum atomic E-state index is 0.215. The van der Waals surface area contributed by atoms with Crippen LogP contribution in [-0.4, -0.2) is 71.5 Å². The summed E-state index contributed by atoms with van der Waals surface area (Å²) in [6, 6.07) is 26.1. The second-order valence-corrected chi connectivity index (χ2v) is 11.8. The summed E-state index contributed by atoms with van der Waals surface area (Å²) in [5, 5.41) is 1.27. The molecule has 0 spiro atoms. The summed E-state index contributed by atoms with van der Waals surface area (Å²) in [5.74, 6) is 0.848. The van der Waals surface area contributed by atoms with Gasteiger partial charge in [-0.05, 0) is 86.6 Å². The summed E-state index contributed by atoms with van der Waals surface area (Å²) in [7, 11) is 2.13. The summed E-state index contributed by atoms with van der Waals surface area (Å²) in [4.78, 5) is 20.6. The molecule has 0 aliphatic carbocycles. The third-order valence-corrected chi connectivity index (χ3v) is 9.19. The molecule has 0 N–H and O–H groups in total. The maximum absolute atomic E-state index is 13.6. The van der Waals surface area contributed by atoms with Gasteiger partial charge in [-0.25, -0.2) is 0 Å². The molecule has 2 saturated heterocycles. The molecule has 5 heteroatoms. The quantitative estimate of drug-likeness (QED) is 0.301. The maximum atomic E-state index is 13.6. The first-order chi connectivity index (χ1) is 19.5. The Morgan fingerprint density at radius 3 is 2.12 bits per heavy atom. The second-order valence-electron chi connectivity index (χ2n) is 11.8. The normalized spacial score (nSPS) is 17.5. The third-order valence-electron chi connectivity index (χ3n) is 9.19. The van der Waals surface area contributed by atoms with E-state index in [1.807, 2.05) is 4.90 Å². The molecular weight excluding hydrogens is 492 g/mol. The van der Waals surface area contributed by atoms with Crippen LogP contribution in [0.3, 0.4) is 0 Å². The summed E-state index contributed by atoms with van der Waals surface area (Å²) in [6.45, 7) is 11.5. The zero-order chi connectivity index (χ0) is 27.6. The zero-order valence-electron chi connectivity index (χ0n) is 24.3. The van der Waals surface area contributed by atoms with Crippen LogP contribution in [-0.2, 0) is 17.9 Å². The van der Waals surface area contributed by atoms with Gasteiger partial charge in [-0.3, -0.25) is 9.69 Å². The standard InChI is InChI=1S/C35H42N4O/c1-26-10-9-11-27(2)34(26)28-16-18-37(19-17-28)24-31-30-14-7-8-15-32(30)39(35(31)29-12-5-4-6-13-29)25-33(40)38-22-20-36(3)21-23-38/h4-15,28H,16-25H2,1-3H3. The number of likely N-dealkylation sites (tertiary alicyclic amines) is 1. The number of aromatic nitrogens is 1. The highest BCUT2D eigenvalue weighted by molar-refractivity contribution is 5.93. The van der Waals surface area contributed by atoms with Gasteiger partial charge in [-0.1, -0.05) is 66.7 Å². The molecule has 0 saturated carbocycles. The fraction of sp³-hybridized carbons (Fsp3) is 0.400. The molecule has 0 unspecified atom stereocenters. The van der Waals surface area contributed by atoms with Crippen LogP contribution in [0, 0.1) is 13.8 Å². The van der Waals surface area contributed by atoms with E-state index in [4.69, 9.17) is 0 Å². The molecule has 3 heterocycles. The molecule has 1 amide bonds. The SMILES string of the molecule is Cc1cccc(C)c1C1CCN(Cc2c(-c3ccccc3)n(CC(=O)N3CCN(C)CC3)c3ccccc23)CC1. The van der Waals surface area contributed by atoms with Gasteiger partial charge in [0.15, 0.2) is 0 Å². The molecule has 0 atom stereocenters. The Balaban J connectivity index is 1.31. The summed E-state index contributed by atoms with van der Waals surface area (Å²) in [6.07, 6.45) is 2.37. The Kier molecular flexibility index (Phi) is 7.77. The van der Waals surface area contributed by atoms with E-state index in [1.165, 1.54) is 46.2 Å². The van der Waals surface area contributed by atoms with Crippen molar-refractivity contribution in [2.45, 2.75) is 45.7 Å². The van der Waals surface area contributed by atoms with E-state index in [9.17, 15) is 4.79 Å². The van der Waals surface area contributed by atoms with Crippen molar-refractivity contribution in [2.24, 2.45) is 0 Å². The highest BCUT2D eigenvalue weighted by Gasteiger charge is 2.27. The highest BCUT2D eigenvalue weighted by atomic mass is 16.2. The molecule has 0 bridgehead atoms. The topological polar surface area (TPSA) is 31.7 Å². The van der Waals surface area contributed by atoms with Crippen LogP contribution in [0.15, 0.2) is 72.8 Å². The average molecular weight is 535 g/mol. The van der Waals surface area contributed by atoms with Crippen LogP contribution in [0.25, 0.3) is 22.2 Å². The number of piperidine rings is 1. The van der Waals surface area contributed by atoms with Crippen LogP contribution in [0.1, 0.15) is 41.0 Å². The van der Waals surface area contributed by atoms with E-state index in [-0.39, 0.29) is 5.91 Å². The van der Waals surface area contributed by atoms with E-state index in [0.717, 1.165) is 51.3 Å². The number of hydrogen-bond acceptors (Lipinski definition) is 3. The molecule has 0 radical (unpaired) electrons. The number of aryl methyl sites for hydroxylation is 2. The number of hydrogen-bond donors (Lipinski definition) is 0. The van der Waals surface area contributed by atoms with Gasteiger partial charge in [-0.15, -0.1) is 0 Å². The van der Waals surface area contributed by atoms with Gasteiger partial charge in [0.25, 0.3) is 0 Å². The molecule has 6 rings (SSSR count). The lowest BCUT2D eigenvalue weighted by Gasteiger charge is -2.34. The molecular formula is C35H42N4O. The zero-order valence-corrected chi connectivity index (χ0v) is 24.3. The number of fused-ring (bicyclic) bond motifs is 1. The summed E-state index contributed by atoms with van der Waals surface area (Å²) >= 11 is 0. The van der Waals surface area contributed by atoms with Gasteiger partial charge < -0.3 is 14.4 Å². The van der Waals surface area contributed by atoms with Gasteiger partial charge >= 0.3 is 0 Å². The van der Waals surface area contributed by atoms with Gasteiger partial charge in [0, 0.05) is 43.6 Å². The number of piperazine rings is 1.